The summed E-state index contributed by atoms with van der Waals surface area (Å²) in [5.41, 5.74) is 1.88. The Morgan fingerprint density at radius 2 is 1.50 bits per heavy atom. The number of anilines is 2. The highest BCUT2D eigenvalue weighted by Crippen LogP contribution is 2.22. The fourth-order valence-electron chi connectivity index (χ4n) is 2.86. The molecule has 6 nitrogen and oxygen atoms in total. The van der Waals surface area contributed by atoms with Crippen molar-refractivity contribution in [2.75, 3.05) is 16.6 Å². The Bertz CT molecular complexity index is 1080. The lowest BCUT2D eigenvalue weighted by Crippen LogP contribution is -2.19. The lowest BCUT2D eigenvalue weighted by molar-refractivity contribution is -0.117. The standard InChI is InChI=1S/C23H24N2O4S/c1-3-29-21-13-9-20(10-14-21)25-30(27,28)22-15-11-19(12-16-22)24-23(26)17(2)18-7-5-4-6-8-18/h4-17,25H,3H2,1-2H3,(H,24,26)/t17-/m0/s1. The number of carbonyl (C=O) groups is 1. The van der Waals surface area contributed by atoms with E-state index in [-0.39, 0.29) is 16.7 Å². The summed E-state index contributed by atoms with van der Waals surface area (Å²) < 4.78 is 33.1. The molecule has 0 saturated carbocycles. The lowest BCUT2D eigenvalue weighted by Gasteiger charge is -2.13. The summed E-state index contributed by atoms with van der Waals surface area (Å²) in [4.78, 5) is 12.6. The van der Waals surface area contributed by atoms with E-state index in [0.717, 1.165) is 5.56 Å². The van der Waals surface area contributed by atoms with Crippen LogP contribution in [0.3, 0.4) is 0 Å². The Kier molecular flexibility index (Phi) is 6.74. The highest BCUT2D eigenvalue weighted by atomic mass is 32.2. The van der Waals surface area contributed by atoms with Gasteiger partial charge in [0.1, 0.15) is 5.75 Å². The average molecular weight is 425 g/mol. The zero-order valence-corrected chi connectivity index (χ0v) is 17.6. The first-order valence-electron chi connectivity index (χ1n) is 9.60. The zero-order valence-electron chi connectivity index (χ0n) is 16.8. The molecule has 156 valence electrons. The first-order chi connectivity index (χ1) is 14.4. The van der Waals surface area contributed by atoms with E-state index in [0.29, 0.717) is 23.7 Å². The van der Waals surface area contributed by atoms with E-state index < -0.39 is 10.0 Å². The third-order valence-electron chi connectivity index (χ3n) is 4.54. The molecule has 0 aliphatic heterocycles. The molecule has 1 amide bonds. The van der Waals surface area contributed by atoms with E-state index in [1.165, 1.54) is 12.1 Å². The quantitative estimate of drug-likeness (QED) is 0.552. The van der Waals surface area contributed by atoms with Crippen LogP contribution >= 0.6 is 0 Å². The van der Waals surface area contributed by atoms with Crippen molar-refractivity contribution >= 4 is 27.3 Å². The number of carbonyl (C=O) groups excluding carboxylic acids is 1. The SMILES string of the molecule is CCOc1ccc(NS(=O)(=O)c2ccc(NC(=O)[C@@H](C)c3ccccc3)cc2)cc1. The van der Waals surface area contributed by atoms with Crippen molar-refractivity contribution < 1.29 is 17.9 Å². The number of sulfonamides is 1. The van der Waals surface area contributed by atoms with Gasteiger partial charge in [-0.05, 0) is 67.9 Å². The predicted octanol–water partition coefficient (Wildman–Crippen LogP) is 4.63. The second kappa shape index (κ2) is 9.45. The van der Waals surface area contributed by atoms with Gasteiger partial charge in [-0.15, -0.1) is 0 Å². The van der Waals surface area contributed by atoms with Gasteiger partial charge in [-0.3, -0.25) is 9.52 Å². The number of hydrogen-bond donors (Lipinski definition) is 2. The molecule has 0 aliphatic carbocycles. The highest BCUT2D eigenvalue weighted by Gasteiger charge is 2.17. The number of hydrogen-bond acceptors (Lipinski definition) is 4. The van der Waals surface area contributed by atoms with Gasteiger partial charge in [-0.25, -0.2) is 8.42 Å². The van der Waals surface area contributed by atoms with Crippen LogP contribution in [0.25, 0.3) is 0 Å². The fraction of sp³-hybridized carbons (Fsp3) is 0.174. The van der Waals surface area contributed by atoms with Crippen molar-refractivity contribution in [3.63, 3.8) is 0 Å². The van der Waals surface area contributed by atoms with Crippen molar-refractivity contribution in [3.8, 4) is 5.75 Å². The third-order valence-corrected chi connectivity index (χ3v) is 5.94. The molecule has 2 N–H and O–H groups in total. The van der Waals surface area contributed by atoms with Gasteiger partial charge < -0.3 is 10.1 Å². The van der Waals surface area contributed by atoms with E-state index >= 15 is 0 Å². The first-order valence-corrected chi connectivity index (χ1v) is 11.1. The van der Waals surface area contributed by atoms with E-state index in [4.69, 9.17) is 4.74 Å². The van der Waals surface area contributed by atoms with Crippen LogP contribution in [0.4, 0.5) is 11.4 Å². The molecule has 7 heteroatoms. The molecule has 0 aliphatic rings. The molecule has 0 fully saturated rings. The third kappa shape index (κ3) is 5.39. The Balaban J connectivity index is 1.66. The summed E-state index contributed by atoms with van der Waals surface area (Å²) in [7, 11) is -3.75. The molecule has 0 saturated heterocycles. The molecule has 0 unspecified atom stereocenters. The van der Waals surface area contributed by atoms with Crippen molar-refractivity contribution in [1.82, 2.24) is 0 Å². The maximum absolute atomic E-state index is 12.6. The molecule has 3 aromatic carbocycles. The second-order valence-corrected chi connectivity index (χ2v) is 8.39. The number of amides is 1. The first kappa shape index (κ1) is 21.4. The molecule has 0 spiro atoms. The van der Waals surface area contributed by atoms with Gasteiger partial charge in [0, 0.05) is 11.4 Å². The highest BCUT2D eigenvalue weighted by molar-refractivity contribution is 7.92. The molecule has 0 radical (unpaired) electrons. The average Bonchev–Trinajstić information content (AvgIpc) is 2.75. The topological polar surface area (TPSA) is 84.5 Å². The molecular weight excluding hydrogens is 400 g/mol. The lowest BCUT2D eigenvalue weighted by atomic mass is 10.0. The van der Waals surface area contributed by atoms with Crippen molar-refractivity contribution in [3.05, 3.63) is 84.4 Å². The van der Waals surface area contributed by atoms with Gasteiger partial charge in [0.2, 0.25) is 5.91 Å². The number of benzene rings is 3. The Labute approximate surface area is 177 Å². The van der Waals surface area contributed by atoms with Crippen LogP contribution in [-0.2, 0) is 14.8 Å². The second-order valence-electron chi connectivity index (χ2n) is 6.71. The Morgan fingerprint density at radius 1 is 0.900 bits per heavy atom. The van der Waals surface area contributed by atoms with Gasteiger partial charge in [0.25, 0.3) is 10.0 Å². The summed E-state index contributed by atoms with van der Waals surface area (Å²) in [5.74, 6) is 0.186. The molecular formula is C23H24N2O4S. The van der Waals surface area contributed by atoms with E-state index in [1.54, 1.807) is 36.4 Å². The monoisotopic (exact) mass is 424 g/mol. The zero-order chi connectivity index (χ0) is 21.6. The van der Waals surface area contributed by atoms with Gasteiger partial charge in [-0.2, -0.15) is 0 Å². The molecule has 0 heterocycles. The van der Waals surface area contributed by atoms with Crippen LogP contribution in [0.15, 0.2) is 83.8 Å². The summed E-state index contributed by atoms with van der Waals surface area (Å²) in [6.45, 7) is 4.24. The van der Waals surface area contributed by atoms with Crippen LogP contribution in [0.5, 0.6) is 5.75 Å². The van der Waals surface area contributed by atoms with Crippen molar-refractivity contribution in [1.29, 1.82) is 0 Å². The Hall–Kier alpha value is -3.32. The van der Waals surface area contributed by atoms with Crippen LogP contribution in [0, 0.1) is 0 Å². The van der Waals surface area contributed by atoms with E-state index in [1.807, 2.05) is 44.2 Å². The molecule has 1 atom stereocenters. The predicted molar refractivity (Wildman–Crippen MR) is 118 cm³/mol. The largest absolute Gasteiger partial charge is 0.494 e. The van der Waals surface area contributed by atoms with Crippen LogP contribution in [0.1, 0.15) is 25.3 Å². The summed E-state index contributed by atoms with van der Waals surface area (Å²) in [6, 6.07) is 22.2. The molecule has 30 heavy (non-hydrogen) atoms. The minimum Gasteiger partial charge on any atom is -0.494 e. The van der Waals surface area contributed by atoms with Gasteiger partial charge in [-0.1, -0.05) is 30.3 Å². The van der Waals surface area contributed by atoms with Crippen LogP contribution < -0.4 is 14.8 Å². The Morgan fingerprint density at radius 3 is 2.10 bits per heavy atom. The molecule has 0 aromatic heterocycles. The van der Waals surface area contributed by atoms with E-state index in [9.17, 15) is 13.2 Å². The van der Waals surface area contributed by atoms with Crippen molar-refractivity contribution in [2.45, 2.75) is 24.7 Å². The molecule has 0 bridgehead atoms. The van der Waals surface area contributed by atoms with Gasteiger partial charge >= 0.3 is 0 Å². The maximum atomic E-state index is 12.6. The minimum atomic E-state index is -3.75. The normalized spacial score (nSPS) is 12.1. The van der Waals surface area contributed by atoms with Crippen LogP contribution in [0.2, 0.25) is 0 Å². The molecule has 3 aromatic rings. The van der Waals surface area contributed by atoms with Crippen molar-refractivity contribution in [2.24, 2.45) is 0 Å². The number of rotatable bonds is 8. The smallest absolute Gasteiger partial charge is 0.261 e. The van der Waals surface area contributed by atoms with Crippen LogP contribution in [-0.4, -0.2) is 20.9 Å². The van der Waals surface area contributed by atoms with Gasteiger partial charge in [0.05, 0.1) is 17.4 Å². The van der Waals surface area contributed by atoms with Gasteiger partial charge in [0.15, 0.2) is 0 Å². The molecule has 3 rings (SSSR count). The fourth-order valence-corrected chi connectivity index (χ4v) is 3.92. The number of nitrogens with one attached hydrogen (secondary N) is 2. The minimum absolute atomic E-state index is 0.102. The summed E-state index contributed by atoms with van der Waals surface area (Å²) in [6.07, 6.45) is 0. The number of ether oxygens (including phenoxy) is 1. The van der Waals surface area contributed by atoms with E-state index in [2.05, 4.69) is 10.0 Å². The summed E-state index contributed by atoms with van der Waals surface area (Å²) in [5, 5.41) is 2.82. The maximum Gasteiger partial charge on any atom is 0.261 e. The summed E-state index contributed by atoms with van der Waals surface area (Å²) >= 11 is 0.